The molecule has 37 heavy (non-hydrogen) atoms. The number of halogens is 3. The molecule has 0 saturated carbocycles. The van der Waals surface area contributed by atoms with Gasteiger partial charge in [0.2, 0.25) is 5.89 Å². The number of rotatable bonds is 6. The number of aryl methyl sites for hydroxylation is 1. The number of nitriles is 1. The second-order valence-electron chi connectivity index (χ2n) is 9.00. The van der Waals surface area contributed by atoms with Gasteiger partial charge in [0.05, 0.1) is 12.6 Å². The first kappa shape index (κ1) is 24.4. The van der Waals surface area contributed by atoms with Crippen LogP contribution in [0.25, 0.3) is 22.8 Å². The first-order chi connectivity index (χ1) is 17.8. The van der Waals surface area contributed by atoms with Crippen molar-refractivity contribution >= 4 is 5.69 Å². The molecule has 5 rings (SSSR count). The summed E-state index contributed by atoms with van der Waals surface area (Å²) in [4.78, 5) is 6.78. The molecule has 2 aromatic carbocycles. The summed E-state index contributed by atoms with van der Waals surface area (Å²) in [6.07, 6.45) is -1.53. The van der Waals surface area contributed by atoms with Gasteiger partial charge < -0.3 is 14.1 Å². The van der Waals surface area contributed by atoms with Gasteiger partial charge >= 0.3 is 6.36 Å². The van der Waals surface area contributed by atoms with Crippen LogP contribution in [0.1, 0.15) is 24.1 Å². The van der Waals surface area contributed by atoms with E-state index in [2.05, 4.69) is 44.0 Å². The van der Waals surface area contributed by atoms with Crippen LogP contribution in [0.2, 0.25) is 0 Å². The number of piperidine rings is 1. The first-order valence-corrected chi connectivity index (χ1v) is 11.9. The molecule has 10 heteroatoms. The van der Waals surface area contributed by atoms with Crippen molar-refractivity contribution in [2.24, 2.45) is 5.92 Å². The van der Waals surface area contributed by atoms with Crippen molar-refractivity contribution in [2.75, 3.05) is 18.0 Å². The Morgan fingerprint density at radius 1 is 1.08 bits per heavy atom. The third kappa shape index (κ3) is 5.77. The highest BCUT2D eigenvalue weighted by atomic mass is 19.4. The predicted octanol–water partition coefficient (Wildman–Crippen LogP) is 6.20. The van der Waals surface area contributed by atoms with Crippen molar-refractivity contribution in [2.45, 2.75) is 32.7 Å². The molecule has 4 aromatic rings. The molecule has 0 aliphatic carbocycles. The molecular weight excluding hydrogens is 483 g/mol. The summed E-state index contributed by atoms with van der Waals surface area (Å²) in [6, 6.07) is 18.0. The molecule has 1 saturated heterocycles. The van der Waals surface area contributed by atoms with E-state index in [0.29, 0.717) is 29.4 Å². The summed E-state index contributed by atoms with van der Waals surface area (Å²) in [5.41, 5.74) is 4.82. The molecule has 190 valence electrons. The fraction of sp³-hybridized carbons (Fsp3) is 0.296. The quantitative estimate of drug-likeness (QED) is 0.309. The first-order valence-electron chi connectivity index (χ1n) is 11.9. The second-order valence-corrected chi connectivity index (χ2v) is 9.00. The number of aromatic nitrogens is 3. The molecule has 7 nitrogen and oxygen atoms in total. The van der Waals surface area contributed by atoms with Crippen LogP contribution in [0, 0.1) is 24.2 Å². The Balaban J connectivity index is 1.28. The summed E-state index contributed by atoms with van der Waals surface area (Å²) >= 11 is 0. The van der Waals surface area contributed by atoms with Gasteiger partial charge in [-0.3, -0.25) is 4.68 Å². The Morgan fingerprint density at radius 3 is 2.54 bits per heavy atom. The Morgan fingerprint density at radius 2 is 1.84 bits per heavy atom. The van der Waals surface area contributed by atoms with E-state index in [0.717, 1.165) is 42.9 Å². The maximum absolute atomic E-state index is 12.4. The van der Waals surface area contributed by atoms with E-state index in [1.807, 2.05) is 23.7 Å². The zero-order chi connectivity index (χ0) is 26.0. The molecule has 0 N–H and O–H groups in total. The summed E-state index contributed by atoms with van der Waals surface area (Å²) < 4.78 is 48.6. The SMILES string of the molecule is Cc1cc(-c2nc(-c3ccc(OC(F)(F)F)cc3)co2)nn1Cc1cccc(N2CCC(C#N)CC2)c1. The highest BCUT2D eigenvalue weighted by Gasteiger charge is 2.31. The van der Waals surface area contributed by atoms with E-state index in [1.165, 1.54) is 30.5 Å². The van der Waals surface area contributed by atoms with Crippen molar-refractivity contribution in [3.05, 3.63) is 72.1 Å². The molecule has 0 unspecified atom stereocenters. The van der Waals surface area contributed by atoms with Crippen LogP contribution in [0.5, 0.6) is 5.75 Å². The van der Waals surface area contributed by atoms with Crippen LogP contribution in [-0.2, 0) is 6.54 Å². The van der Waals surface area contributed by atoms with Crippen LogP contribution in [0.3, 0.4) is 0 Å². The molecule has 0 bridgehead atoms. The largest absolute Gasteiger partial charge is 0.573 e. The van der Waals surface area contributed by atoms with Gasteiger partial charge in [0.25, 0.3) is 0 Å². The molecule has 0 amide bonds. The smallest absolute Gasteiger partial charge is 0.443 e. The normalized spacial score (nSPS) is 14.5. The number of hydrogen-bond donors (Lipinski definition) is 0. The number of ether oxygens (including phenoxy) is 1. The van der Waals surface area contributed by atoms with Gasteiger partial charge in [-0.1, -0.05) is 12.1 Å². The maximum atomic E-state index is 12.4. The Kier molecular flexibility index (Phi) is 6.61. The fourth-order valence-electron chi connectivity index (χ4n) is 4.42. The van der Waals surface area contributed by atoms with E-state index in [4.69, 9.17) is 9.68 Å². The average Bonchev–Trinajstić information content (AvgIpc) is 3.51. The zero-order valence-corrected chi connectivity index (χ0v) is 20.1. The van der Waals surface area contributed by atoms with Crippen molar-refractivity contribution in [1.29, 1.82) is 5.26 Å². The minimum absolute atomic E-state index is 0.142. The molecule has 1 aliphatic heterocycles. The van der Waals surface area contributed by atoms with Gasteiger partial charge in [0, 0.05) is 36.0 Å². The van der Waals surface area contributed by atoms with E-state index < -0.39 is 6.36 Å². The van der Waals surface area contributed by atoms with Gasteiger partial charge in [-0.25, -0.2) is 4.98 Å². The number of benzene rings is 2. The number of anilines is 1. The third-order valence-electron chi connectivity index (χ3n) is 6.37. The molecule has 3 heterocycles. The van der Waals surface area contributed by atoms with Gasteiger partial charge in [-0.05, 0) is 67.8 Å². The average molecular weight is 508 g/mol. The summed E-state index contributed by atoms with van der Waals surface area (Å²) in [7, 11) is 0. The lowest BCUT2D eigenvalue weighted by Crippen LogP contribution is -2.33. The van der Waals surface area contributed by atoms with Crippen LogP contribution >= 0.6 is 0 Å². The Labute approximate surface area is 211 Å². The fourth-order valence-corrected chi connectivity index (χ4v) is 4.42. The van der Waals surface area contributed by atoms with E-state index in [1.54, 1.807) is 0 Å². The maximum Gasteiger partial charge on any atom is 0.573 e. The minimum atomic E-state index is -4.74. The molecule has 2 aromatic heterocycles. The number of alkyl halides is 3. The van der Waals surface area contributed by atoms with Crippen molar-refractivity contribution in [1.82, 2.24) is 14.8 Å². The topological polar surface area (TPSA) is 80.1 Å². The number of hydrogen-bond acceptors (Lipinski definition) is 6. The lowest BCUT2D eigenvalue weighted by atomic mass is 9.98. The molecule has 1 aliphatic rings. The van der Waals surface area contributed by atoms with E-state index in [9.17, 15) is 13.2 Å². The van der Waals surface area contributed by atoms with Crippen molar-refractivity contribution < 1.29 is 22.3 Å². The van der Waals surface area contributed by atoms with Crippen LogP contribution < -0.4 is 9.64 Å². The van der Waals surface area contributed by atoms with Crippen LogP contribution in [0.4, 0.5) is 18.9 Å². The van der Waals surface area contributed by atoms with Crippen LogP contribution in [-0.4, -0.2) is 34.2 Å². The Hall–Kier alpha value is -4.26. The molecule has 0 atom stereocenters. The number of nitrogens with zero attached hydrogens (tertiary/aromatic N) is 5. The summed E-state index contributed by atoms with van der Waals surface area (Å²) in [6.45, 7) is 4.27. The van der Waals surface area contributed by atoms with Gasteiger partial charge in [-0.2, -0.15) is 10.4 Å². The Bertz CT molecular complexity index is 1410. The van der Waals surface area contributed by atoms with Gasteiger partial charge in [0.1, 0.15) is 23.4 Å². The molecule has 0 spiro atoms. The third-order valence-corrected chi connectivity index (χ3v) is 6.37. The monoisotopic (exact) mass is 507 g/mol. The number of oxazole rings is 1. The van der Waals surface area contributed by atoms with Gasteiger partial charge in [-0.15, -0.1) is 13.2 Å². The lowest BCUT2D eigenvalue weighted by Gasteiger charge is -2.31. The zero-order valence-electron chi connectivity index (χ0n) is 20.1. The lowest BCUT2D eigenvalue weighted by molar-refractivity contribution is -0.274. The molecule has 0 radical (unpaired) electrons. The molecular formula is C27H24F3N5O2. The van der Waals surface area contributed by atoms with Crippen molar-refractivity contribution in [3.8, 4) is 34.7 Å². The van der Waals surface area contributed by atoms with E-state index >= 15 is 0 Å². The summed E-state index contributed by atoms with van der Waals surface area (Å²) in [5, 5.41) is 13.8. The predicted molar refractivity (Wildman–Crippen MR) is 131 cm³/mol. The molecule has 1 fully saturated rings. The standard InChI is InChI=1S/C27H24F3N5O2/c1-18-13-24(26-32-25(17-36-26)21-5-7-23(8-6-21)37-27(28,29)30)33-35(18)16-20-3-2-4-22(14-20)34-11-9-19(15-31)10-12-34/h2-8,13-14,17,19H,9-12,16H2,1H3. The van der Waals surface area contributed by atoms with Crippen molar-refractivity contribution in [3.63, 3.8) is 0 Å². The van der Waals surface area contributed by atoms with Crippen LogP contribution in [0.15, 0.2) is 65.3 Å². The minimum Gasteiger partial charge on any atom is -0.443 e. The highest BCUT2D eigenvalue weighted by Crippen LogP contribution is 2.29. The summed E-state index contributed by atoms with van der Waals surface area (Å²) in [5.74, 6) is 0.162. The van der Waals surface area contributed by atoms with Gasteiger partial charge in [0.15, 0.2) is 0 Å². The highest BCUT2D eigenvalue weighted by molar-refractivity contribution is 5.62. The van der Waals surface area contributed by atoms with E-state index in [-0.39, 0.29) is 11.7 Å². The second kappa shape index (κ2) is 10.0.